The van der Waals surface area contributed by atoms with E-state index in [1.807, 2.05) is 38.1 Å². The molecule has 1 N–H and O–H groups in total. The average Bonchev–Trinajstić information content (AvgIpc) is 3.19. The Morgan fingerprint density at radius 3 is 2.45 bits per heavy atom. The van der Waals surface area contributed by atoms with Crippen molar-refractivity contribution in [2.24, 2.45) is 0 Å². The van der Waals surface area contributed by atoms with Crippen LogP contribution >= 0.6 is 0 Å². The Bertz CT molecular complexity index is 1180. The van der Waals surface area contributed by atoms with Crippen LogP contribution in [0, 0.1) is 6.92 Å². The minimum absolute atomic E-state index is 0.0852. The first-order chi connectivity index (χ1) is 18.4. The summed E-state index contributed by atoms with van der Waals surface area (Å²) >= 11 is 0. The zero-order valence-electron chi connectivity index (χ0n) is 22.2. The number of Topliss-reactive ketones (excluding diaryl/α,β-unsaturated/α-hetero) is 1. The van der Waals surface area contributed by atoms with Crippen LogP contribution in [-0.2, 0) is 14.3 Å². The van der Waals surface area contributed by atoms with Gasteiger partial charge in [-0.25, -0.2) is 0 Å². The lowest BCUT2D eigenvalue weighted by Crippen LogP contribution is -2.42. The second kappa shape index (κ2) is 12.8. The molecule has 0 saturated carbocycles. The topological polar surface area (TPSA) is 88.5 Å². The molecule has 38 heavy (non-hydrogen) atoms. The molecule has 2 heterocycles. The molecule has 1 unspecified atom stereocenters. The summed E-state index contributed by atoms with van der Waals surface area (Å²) in [6.07, 6.45) is 2.54. The smallest absolute Gasteiger partial charge is 0.295 e. The van der Waals surface area contributed by atoms with Crippen LogP contribution in [0.25, 0.3) is 5.76 Å². The third-order valence-corrected chi connectivity index (χ3v) is 6.79. The number of amides is 1. The SMILES string of the molecule is C=CCOc1ccc(/C(O)=C2\C(=O)C(=O)N(CCN3CCOCC3)C2c2ccc(OCCC)cc2)c(C)c1. The number of ether oxygens (including phenoxy) is 3. The predicted octanol–water partition coefficient (Wildman–Crippen LogP) is 4.10. The van der Waals surface area contributed by atoms with E-state index in [0.717, 1.165) is 30.6 Å². The Morgan fingerprint density at radius 2 is 1.79 bits per heavy atom. The summed E-state index contributed by atoms with van der Waals surface area (Å²) in [7, 11) is 0. The molecule has 1 amide bonds. The van der Waals surface area contributed by atoms with Gasteiger partial charge in [0.2, 0.25) is 0 Å². The molecular weight excluding hydrogens is 484 g/mol. The summed E-state index contributed by atoms with van der Waals surface area (Å²) in [6, 6.07) is 11.9. The number of rotatable bonds is 11. The fourth-order valence-electron chi connectivity index (χ4n) is 4.79. The van der Waals surface area contributed by atoms with E-state index >= 15 is 0 Å². The van der Waals surface area contributed by atoms with Crippen LogP contribution in [0.4, 0.5) is 0 Å². The average molecular weight is 521 g/mol. The van der Waals surface area contributed by atoms with Gasteiger partial charge in [-0.3, -0.25) is 14.5 Å². The molecule has 1 atom stereocenters. The number of morpholine rings is 1. The summed E-state index contributed by atoms with van der Waals surface area (Å²) < 4.78 is 16.8. The summed E-state index contributed by atoms with van der Waals surface area (Å²) in [5, 5.41) is 11.5. The van der Waals surface area contributed by atoms with Gasteiger partial charge in [-0.15, -0.1) is 0 Å². The maximum absolute atomic E-state index is 13.4. The molecule has 2 aromatic rings. The number of benzene rings is 2. The molecule has 2 fully saturated rings. The molecule has 0 aromatic heterocycles. The van der Waals surface area contributed by atoms with E-state index in [-0.39, 0.29) is 11.3 Å². The van der Waals surface area contributed by atoms with Crippen molar-refractivity contribution in [2.75, 3.05) is 52.6 Å². The van der Waals surface area contributed by atoms with Crippen molar-refractivity contribution in [1.29, 1.82) is 0 Å². The lowest BCUT2D eigenvalue weighted by Gasteiger charge is -2.31. The largest absolute Gasteiger partial charge is 0.507 e. The standard InChI is InChI=1S/C30H36N2O6/c1-4-16-37-23-8-6-22(7-9-23)27-26(28(33)25-11-10-24(20-21(25)3)38-17-5-2)29(34)30(35)32(27)13-12-31-14-18-36-19-15-31/h5-11,20,27,33H,2,4,12-19H2,1,3H3/b28-26+. The highest BCUT2D eigenvalue weighted by molar-refractivity contribution is 6.46. The summed E-state index contributed by atoms with van der Waals surface area (Å²) in [5.41, 5.74) is 2.03. The molecule has 2 saturated heterocycles. The van der Waals surface area contributed by atoms with Crippen molar-refractivity contribution < 1.29 is 28.9 Å². The molecular formula is C30H36N2O6. The number of nitrogens with zero attached hydrogens (tertiary/aromatic N) is 2. The normalized spacial score (nSPS) is 19.5. The number of likely N-dealkylation sites (tertiary alicyclic amines) is 1. The van der Waals surface area contributed by atoms with Crippen LogP contribution < -0.4 is 9.47 Å². The molecule has 8 heteroatoms. The van der Waals surface area contributed by atoms with Gasteiger partial charge < -0.3 is 24.2 Å². The highest BCUT2D eigenvalue weighted by atomic mass is 16.5. The van der Waals surface area contributed by atoms with Crippen LogP contribution in [0.1, 0.15) is 36.1 Å². The first-order valence-corrected chi connectivity index (χ1v) is 13.1. The number of hydrogen-bond donors (Lipinski definition) is 1. The van der Waals surface area contributed by atoms with Gasteiger partial charge in [-0.2, -0.15) is 0 Å². The highest BCUT2D eigenvalue weighted by Gasteiger charge is 2.46. The number of aryl methyl sites for hydroxylation is 1. The minimum Gasteiger partial charge on any atom is -0.507 e. The zero-order chi connectivity index (χ0) is 27.1. The zero-order valence-corrected chi connectivity index (χ0v) is 22.2. The number of aliphatic hydroxyl groups excluding tert-OH is 1. The number of carbonyl (C=O) groups excluding carboxylic acids is 2. The van der Waals surface area contributed by atoms with Crippen LogP contribution in [0.3, 0.4) is 0 Å². The third kappa shape index (κ3) is 6.09. The molecule has 0 bridgehead atoms. The van der Waals surface area contributed by atoms with E-state index in [0.29, 0.717) is 56.6 Å². The van der Waals surface area contributed by atoms with Crippen molar-refractivity contribution in [2.45, 2.75) is 26.3 Å². The van der Waals surface area contributed by atoms with Gasteiger partial charge in [0.05, 0.1) is 31.4 Å². The monoisotopic (exact) mass is 520 g/mol. The second-order valence-electron chi connectivity index (χ2n) is 9.44. The van der Waals surface area contributed by atoms with E-state index in [9.17, 15) is 14.7 Å². The van der Waals surface area contributed by atoms with Crippen molar-refractivity contribution in [1.82, 2.24) is 9.80 Å². The van der Waals surface area contributed by atoms with Crippen molar-refractivity contribution in [3.8, 4) is 11.5 Å². The number of carbonyl (C=O) groups is 2. The van der Waals surface area contributed by atoms with Gasteiger partial charge in [-0.1, -0.05) is 31.7 Å². The van der Waals surface area contributed by atoms with Gasteiger partial charge in [-0.05, 0) is 54.8 Å². The van der Waals surface area contributed by atoms with Gasteiger partial charge in [0.1, 0.15) is 23.9 Å². The predicted molar refractivity (Wildman–Crippen MR) is 145 cm³/mol. The van der Waals surface area contributed by atoms with Crippen LogP contribution in [0.5, 0.6) is 11.5 Å². The Balaban J connectivity index is 1.71. The van der Waals surface area contributed by atoms with E-state index in [2.05, 4.69) is 11.5 Å². The minimum atomic E-state index is -0.715. The van der Waals surface area contributed by atoms with E-state index in [1.165, 1.54) is 0 Å². The van der Waals surface area contributed by atoms with Gasteiger partial charge in [0, 0.05) is 31.7 Å². The fraction of sp³-hybridized carbons (Fsp3) is 0.400. The van der Waals surface area contributed by atoms with Gasteiger partial charge in [0.15, 0.2) is 0 Å². The van der Waals surface area contributed by atoms with Crippen LogP contribution in [-0.4, -0.2) is 79.2 Å². The van der Waals surface area contributed by atoms with E-state index in [1.54, 1.807) is 29.2 Å². The summed E-state index contributed by atoms with van der Waals surface area (Å²) in [6.45, 7) is 12.3. The number of aliphatic hydroxyl groups is 1. The molecule has 2 aliphatic heterocycles. The highest BCUT2D eigenvalue weighted by Crippen LogP contribution is 2.40. The van der Waals surface area contributed by atoms with Crippen LogP contribution in [0.2, 0.25) is 0 Å². The van der Waals surface area contributed by atoms with Gasteiger partial charge in [0.25, 0.3) is 11.7 Å². The van der Waals surface area contributed by atoms with Crippen molar-refractivity contribution >= 4 is 17.4 Å². The molecule has 0 radical (unpaired) electrons. The molecule has 8 nitrogen and oxygen atoms in total. The maximum Gasteiger partial charge on any atom is 0.295 e. The van der Waals surface area contributed by atoms with Crippen molar-refractivity contribution in [3.63, 3.8) is 0 Å². The lowest BCUT2D eigenvalue weighted by molar-refractivity contribution is -0.140. The molecule has 2 aromatic carbocycles. The first kappa shape index (κ1) is 27.4. The second-order valence-corrected chi connectivity index (χ2v) is 9.44. The Kier molecular flexibility index (Phi) is 9.20. The molecule has 0 spiro atoms. The summed E-state index contributed by atoms with van der Waals surface area (Å²) in [5.74, 6) is -0.149. The van der Waals surface area contributed by atoms with E-state index in [4.69, 9.17) is 14.2 Å². The van der Waals surface area contributed by atoms with Crippen molar-refractivity contribution in [3.05, 3.63) is 77.4 Å². The Morgan fingerprint density at radius 1 is 1.08 bits per heavy atom. The Labute approximate surface area is 224 Å². The first-order valence-electron chi connectivity index (χ1n) is 13.1. The Hall–Kier alpha value is -3.62. The number of ketones is 1. The molecule has 2 aliphatic rings. The third-order valence-electron chi connectivity index (χ3n) is 6.79. The fourth-order valence-corrected chi connectivity index (χ4v) is 4.79. The summed E-state index contributed by atoms with van der Waals surface area (Å²) in [4.78, 5) is 30.5. The quantitative estimate of drug-likeness (QED) is 0.207. The van der Waals surface area contributed by atoms with Crippen LogP contribution in [0.15, 0.2) is 60.7 Å². The van der Waals surface area contributed by atoms with E-state index < -0.39 is 17.7 Å². The lowest BCUT2D eigenvalue weighted by atomic mass is 9.94. The molecule has 202 valence electrons. The molecule has 0 aliphatic carbocycles. The number of hydrogen-bond acceptors (Lipinski definition) is 7. The molecule has 4 rings (SSSR count). The maximum atomic E-state index is 13.4. The van der Waals surface area contributed by atoms with Gasteiger partial charge >= 0.3 is 0 Å².